The van der Waals surface area contributed by atoms with Gasteiger partial charge >= 0.3 is 5.97 Å². The Bertz CT molecular complexity index is 552. The first-order valence-corrected chi connectivity index (χ1v) is 5.73. The van der Waals surface area contributed by atoms with Crippen molar-refractivity contribution in [1.29, 1.82) is 0 Å². The van der Waals surface area contributed by atoms with E-state index in [1.54, 1.807) is 6.07 Å². The molecule has 0 radical (unpaired) electrons. The molecular formula is C15H16ClNO2. The van der Waals surface area contributed by atoms with Crippen LogP contribution in [0.3, 0.4) is 0 Å². The maximum Gasteiger partial charge on any atom is 0.338 e. The average molecular weight is 278 g/mol. The van der Waals surface area contributed by atoms with E-state index in [9.17, 15) is 4.79 Å². The first-order chi connectivity index (χ1) is 8.76. The topological polar surface area (TPSA) is 52.3 Å². The van der Waals surface area contributed by atoms with Crippen LogP contribution in [0.1, 0.15) is 15.9 Å². The number of hydrogen-bond acceptors (Lipinski definition) is 3. The second-order valence-corrected chi connectivity index (χ2v) is 3.94. The van der Waals surface area contributed by atoms with Crippen LogP contribution in [-0.4, -0.2) is 13.1 Å². The van der Waals surface area contributed by atoms with E-state index < -0.39 is 0 Å². The molecule has 2 rings (SSSR count). The number of carbonyl (C=O) groups excluding carboxylic acids is 1. The van der Waals surface area contributed by atoms with Crippen LogP contribution in [-0.2, 0) is 11.3 Å². The van der Waals surface area contributed by atoms with Gasteiger partial charge in [-0.2, -0.15) is 0 Å². The molecular weight excluding hydrogens is 262 g/mol. The Labute approximate surface area is 118 Å². The fourth-order valence-corrected chi connectivity index (χ4v) is 1.84. The van der Waals surface area contributed by atoms with Crippen LogP contribution >= 0.6 is 12.4 Å². The third-order valence-electron chi connectivity index (χ3n) is 2.83. The molecule has 4 heteroatoms. The van der Waals surface area contributed by atoms with E-state index in [4.69, 9.17) is 10.5 Å². The second kappa shape index (κ2) is 6.92. The van der Waals surface area contributed by atoms with Crippen LogP contribution in [0.25, 0.3) is 11.1 Å². The van der Waals surface area contributed by atoms with Crippen molar-refractivity contribution in [2.24, 2.45) is 5.73 Å². The number of methoxy groups -OCH3 is 1. The van der Waals surface area contributed by atoms with Crippen molar-refractivity contribution in [1.82, 2.24) is 0 Å². The number of halogens is 1. The lowest BCUT2D eigenvalue weighted by Gasteiger charge is -2.08. The van der Waals surface area contributed by atoms with Gasteiger partial charge in [-0.25, -0.2) is 4.79 Å². The van der Waals surface area contributed by atoms with Crippen molar-refractivity contribution in [2.45, 2.75) is 6.54 Å². The number of ether oxygens (including phenoxy) is 1. The number of hydrogen-bond donors (Lipinski definition) is 1. The normalized spacial score (nSPS) is 9.58. The Morgan fingerprint density at radius 3 is 2.32 bits per heavy atom. The first kappa shape index (κ1) is 15.2. The maximum atomic E-state index is 11.7. The molecule has 100 valence electrons. The Morgan fingerprint density at radius 2 is 1.74 bits per heavy atom. The summed E-state index contributed by atoms with van der Waals surface area (Å²) in [5.74, 6) is -0.325. The van der Waals surface area contributed by atoms with Crippen molar-refractivity contribution in [2.75, 3.05) is 7.11 Å². The summed E-state index contributed by atoms with van der Waals surface area (Å²) in [5.41, 5.74) is 9.05. The molecule has 0 saturated heterocycles. The molecule has 19 heavy (non-hydrogen) atoms. The molecule has 0 heterocycles. The predicted molar refractivity (Wildman–Crippen MR) is 78.4 cm³/mol. The summed E-state index contributed by atoms with van der Waals surface area (Å²) in [6.45, 7) is 0.513. The van der Waals surface area contributed by atoms with Gasteiger partial charge in [-0.3, -0.25) is 0 Å². The number of benzene rings is 2. The Kier molecular flexibility index (Phi) is 5.55. The molecule has 0 aliphatic heterocycles. The van der Waals surface area contributed by atoms with Gasteiger partial charge in [-0.15, -0.1) is 12.4 Å². The van der Waals surface area contributed by atoms with E-state index in [1.807, 2.05) is 42.5 Å². The van der Waals surface area contributed by atoms with Gasteiger partial charge in [0.15, 0.2) is 0 Å². The lowest BCUT2D eigenvalue weighted by molar-refractivity contribution is 0.0601. The van der Waals surface area contributed by atoms with Crippen molar-refractivity contribution in [3.63, 3.8) is 0 Å². The van der Waals surface area contributed by atoms with Gasteiger partial charge in [0.25, 0.3) is 0 Å². The lowest BCUT2D eigenvalue weighted by atomic mass is 9.99. The molecule has 0 atom stereocenters. The third-order valence-corrected chi connectivity index (χ3v) is 2.83. The molecule has 0 unspecified atom stereocenters. The van der Waals surface area contributed by atoms with Gasteiger partial charge in [0.05, 0.1) is 12.7 Å². The van der Waals surface area contributed by atoms with Crippen LogP contribution in [0.15, 0.2) is 48.5 Å². The van der Waals surface area contributed by atoms with Crippen molar-refractivity contribution < 1.29 is 9.53 Å². The predicted octanol–water partition coefficient (Wildman–Crippen LogP) is 3.02. The molecule has 0 aromatic heterocycles. The Hall–Kier alpha value is -1.84. The minimum atomic E-state index is -0.325. The SMILES string of the molecule is COC(=O)c1ccccc1-c1ccc(CN)cc1.Cl. The molecule has 2 aromatic carbocycles. The van der Waals surface area contributed by atoms with E-state index in [1.165, 1.54) is 7.11 Å². The van der Waals surface area contributed by atoms with Crippen molar-refractivity contribution in [3.05, 3.63) is 59.7 Å². The monoisotopic (exact) mass is 277 g/mol. The standard InChI is InChI=1S/C15H15NO2.ClH/c1-18-15(17)14-5-3-2-4-13(14)12-8-6-11(10-16)7-9-12;/h2-9H,10,16H2,1H3;1H. The number of esters is 1. The summed E-state index contributed by atoms with van der Waals surface area (Å²) >= 11 is 0. The molecule has 0 aliphatic carbocycles. The summed E-state index contributed by atoms with van der Waals surface area (Å²) in [6.07, 6.45) is 0. The molecule has 0 aliphatic rings. The van der Waals surface area contributed by atoms with Gasteiger partial charge < -0.3 is 10.5 Å². The molecule has 0 bridgehead atoms. The van der Waals surface area contributed by atoms with Crippen molar-refractivity contribution >= 4 is 18.4 Å². The zero-order valence-corrected chi connectivity index (χ0v) is 11.4. The highest BCUT2D eigenvalue weighted by Crippen LogP contribution is 2.24. The van der Waals surface area contributed by atoms with Crippen molar-refractivity contribution in [3.8, 4) is 11.1 Å². The summed E-state index contributed by atoms with van der Waals surface area (Å²) in [5, 5.41) is 0. The summed E-state index contributed by atoms with van der Waals surface area (Å²) < 4.78 is 4.78. The van der Waals surface area contributed by atoms with Gasteiger partial charge in [0.2, 0.25) is 0 Å². The minimum absolute atomic E-state index is 0. The van der Waals surface area contributed by atoms with E-state index in [-0.39, 0.29) is 18.4 Å². The van der Waals surface area contributed by atoms with E-state index in [0.717, 1.165) is 16.7 Å². The fraction of sp³-hybridized carbons (Fsp3) is 0.133. The highest BCUT2D eigenvalue weighted by Gasteiger charge is 2.11. The van der Waals surface area contributed by atoms with Crippen LogP contribution in [0.4, 0.5) is 0 Å². The van der Waals surface area contributed by atoms with Crippen LogP contribution in [0, 0.1) is 0 Å². The summed E-state index contributed by atoms with van der Waals surface area (Å²) in [4.78, 5) is 11.7. The first-order valence-electron chi connectivity index (χ1n) is 5.73. The Morgan fingerprint density at radius 1 is 1.11 bits per heavy atom. The summed E-state index contributed by atoms with van der Waals surface area (Å²) in [7, 11) is 1.39. The molecule has 0 saturated carbocycles. The number of nitrogens with two attached hydrogens (primary N) is 1. The molecule has 0 fully saturated rings. The molecule has 0 amide bonds. The average Bonchev–Trinajstić information content (AvgIpc) is 2.46. The fourth-order valence-electron chi connectivity index (χ4n) is 1.84. The minimum Gasteiger partial charge on any atom is -0.465 e. The zero-order chi connectivity index (χ0) is 13.0. The van der Waals surface area contributed by atoms with Crippen LogP contribution in [0.2, 0.25) is 0 Å². The van der Waals surface area contributed by atoms with Crippen LogP contribution in [0.5, 0.6) is 0 Å². The van der Waals surface area contributed by atoms with E-state index in [0.29, 0.717) is 12.1 Å². The largest absolute Gasteiger partial charge is 0.465 e. The maximum absolute atomic E-state index is 11.7. The third kappa shape index (κ3) is 3.34. The molecule has 2 aromatic rings. The highest BCUT2D eigenvalue weighted by molar-refractivity contribution is 5.97. The second-order valence-electron chi connectivity index (χ2n) is 3.94. The molecule has 3 nitrogen and oxygen atoms in total. The zero-order valence-electron chi connectivity index (χ0n) is 10.6. The quantitative estimate of drug-likeness (QED) is 0.878. The van der Waals surface area contributed by atoms with Gasteiger partial charge in [-0.1, -0.05) is 42.5 Å². The van der Waals surface area contributed by atoms with Gasteiger partial charge in [0.1, 0.15) is 0 Å². The lowest BCUT2D eigenvalue weighted by Crippen LogP contribution is -2.03. The smallest absolute Gasteiger partial charge is 0.338 e. The van der Waals surface area contributed by atoms with E-state index in [2.05, 4.69) is 0 Å². The van der Waals surface area contributed by atoms with Gasteiger partial charge in [0, 0.05) is 6.54 Å². The Balaban J connectivity index is 0.00000180. The number of carbonyl (C=O) groups is 1. The summed E-state index contributed by atoms with van der Waals surface area (Å²) in [6, 6.07) is 15.2. The molecule has 2 N–H and O–H groups in total. The number of rotatable bonds is 3. The highest BCUT2D eigenvalue weighted by atomic mass is 35.5. The van der Waals surface area contributed by atoms with E-state index >= 15 is 0 Å². The van der Waals surface area contributed by atoms with Gasteiger partial charge in [-0.05, 0) is 22.8 Å². The van der Waals surface area contributed by atoms with Crippen LogP contribution < -0.4 is 5.73 Å². The molecule has 0 spiro atoms.